The normalized spacial score (nSPS) is 14.5. The van der Waals surface area contributed by atoms with Crippen molar-refractivity contribution in [2.45, 2.75) is 19.6 Å². The Balaban J connectivity index is 1.49. The second-order valence-corrected chi connectivity index (χ2v) is 9.07. The molecule has 1 unspecified atom stereocenters. The zero-order valence-electron chi connectivity index (χ0n) is 20.9. The number of pyridine rings is 1. The van der Waals surface area contributed by atoms with Gasteiger partial charge in [0.1, 0.15) is 18.0 Å². The average Bonchev–Trinajstić information content (AvgIpc) is 3.24. The maximum Gasteiger partial charge on any atom is 0.296 e. The Labute approximate surface area is 218 Å². The van der Waals surface area contributed by atoms with Gasteiger partial charge in [-0.15, -0.1) is 0 Å². The van der Waals surface area contributed by atoms with Gasteiger partial charge in [-0.2, -0.15) is 0 Å². The molecule has 0 saturated heterocycles. The third-order valence-electron chi connectivity index (χ3n) is 6.64. The number of fused-ring (bicyclic) bond motifs is 2. The molecule has 7 nitrogen and oxygen atoms in total. The van der Waals surface area contributed by atoms with E-state index in [9.17, 15) is 9.59 Å². The minimum absolute atomic E-state index is 0.0189. The molecule has 0 bridgehead atoms. The first-order valence-electron chi connectivity index (χ1n) is 12.2. The number of carbonyl (C=O) groups excluding carboxylic acids is 1. The average molecular weight is 505 g/mol. The number of hydrogen-bond donors (Lipinski definition) is 0. The molecule has 2 aromatic heterocycles. The highest BCUT2D eigenvalue weighted by molar-refractivity contribution is 6.10. The second kappa shape index (κ2) is 9.52. The van der Waals surface area contributed by atoms with Gasteiger partial charge >= 0.3 is 0 Å². The highest BCUT2D eigenvalue weighted by Crippen LogP contribution is 2.42. The number of para-hydroxylation sites is 1. The summed E-state index contributed by atoms with van der Waals surface area (Å²) in [5.41, 5.74) is 2.83. The van der Waals surface area contributed by atoms with Crippen LogP contribution in [0.15, 0.2) is 100 Å². The van der Waals surface area contributed by atoms with E-state index in [-0.39, 0.29) is 16.8 Å². The topological polar surface area (TPSA) is 81.9 Å². The second-order valence-electron chi connectivity index (χ2n) is 9.07. The van der Waals surface area contributed by atoms with Crippen LogP contribution in [-0.4, -0.2) is 18.0 Å². The van der Waals surface area contributed by atoms with Crippen LogP contribution in [0.25, 0.3) is 11.0 Å². The summed E-state index contributed by atoms with van der Waals surface area (Å²) in [4.78, 5) is 33.6. The van der Waals surface area contributed by atoms with Crippen molar-refractivity contribution in [3.8, 4) is 11.5 Å². The van der Waals surface area contributed by atoms with Crippen LogP contribution in [0.4, 0.5) is 5.82 Å². The zero-order valence-corrected chi connectivity index (χ0v) is 20.9. The number of rotatable bonds is 6. The molecule has 5 aromatic rings. The van der Waals surface area contributed by atoms with Crippen LogP contribution >= 0.6 is 0 Å². The fourth-order valence-electron chi connectivity index (χ4n) is 4.84. The molecule has 1 atom stereocenters. The maximum absolute atomic E-state index is 13.8. The van der Waals surface area contributed by atoms with E-state index in [1.165, 1.54) is 4.90 Å². The van der Waals surface area contributed by atoms with Crippen molar-refractivity contribution >= 4 is 22.7 Å². The van der Waals surface area contributed by atoms with Crippen LogP contribution in [0.3, 0.4) is 0 Å². The van der Waals surface area contributed by atoms with Crippen LogP contribution < -0.4 is 19.8 Å². The first-order chi connectivity index (χ1) is 18.5. The first kappa shape index (κ1) is 23.5. The van der Waals surface area contributed by atoms with Crippen molar-refractivity contribution in [3.05, 3.63) is 129 Å². The molecule has 0 radical (unpaired) electrons. The summed E-state index contributed by atoms with van der Waals surface area (Å²) in [6.45, 7) is 2.22. The van der Waals surface area contributed by atoms with Gasteiger partial charge in [-0.25, -0.2) is 4.98 Å². The minimum Gasteiger partial charge on any atom is -0.493 e. The molecule has 0 fully saturated rings. The third-order valence-corrected chi connectivity index (χ3v) is 6.64. The fraction of sp³-hybridized carbons (Fsp3) is 0.129. The van der Waals surface area contributed by atoms with E-state index in [0.717, 1.165) is 11.3 Å². The number of aryl methyl sites for hydroxylation is 1. The van der Waals surface area contributed by atoms with Crippen molar-refractivity contribution < 1.29 is 18.7 Å². The molecule has 6 rings (SSSR count). The summed E-state index contributed by atoms with van der Waals surface area (Å²) < 4.78 is 17.7. The SMILES string of the molecule is COc1cc(C2c3c(oc4ccccc4c3=O)C(=O)N2c2cccc(C)n2)ccc1OCc1ccccc1. The van der Waals surface area contributed by atoms with Gasteiger partial charge in [-0.05, 0) is 54.4 Å². The van der Waals surface area contributed by atoms with E-state index >= 15 is 0 Å². The quantitative estimate of drug-likeness (QED) is 0.289. The summed E-state index contributed by atoms with van der Waals surface area (Å²) in [5, 5.41) is 0.415. The van der Waals surface area contributed by atoms with Crippen molar-refractivity contribution in [3.63, 3.8) is 0 Å². The fourth-order valence-corrected chi connectivity index (χ4v) is 4.84. The zero-order chi connectivity index (χ0) is 26.2. The standard InChI is InChI=1S/C31H24N2O5/c1-19-9-8-14-26(32-19)33-28(27-29(34)22-12-6-7-13-23(22)38-30(27)31(33)35)21-15-16-24(25(17-21)36-2)37-18-20-10-4-3-5-11-20/h3-17,28H,18H2,1-2H3. The van der Waals surface area contributed by atoms with Crippen LogP contribution in [0.5, 0.6) is 11.5 Å². The van der Waals surface area contributed by atoms with Crippen molar-refractivity contribution in [2.75, 3.05) is 12.0 Å². The Kier molecular flexibility index (Phi) is 5.88. The summed E-state index contributed by atoms with van der Waals surface area (Å²) in [7, 11) is 1.56. The van der Waals surface area contributed by atoms with E-state index in [0.29, 0.717) is 40.5 Å². The summed E-state index contributed by atoms with van der Waals surface area (Å²) in [6, 6.07) is 26.9. The monoisotopic (exact) mass is 504 g/mol. The predicted octanol–water partition coefficient (Wildman–Crippen LogP) is 5.83. The number of benzene rings is 3. The summed E-state index contributed by atoms with van der Waals surface area (Å²) in [5.74, 6) is 1.06. The molecule has 38 heavy (non-hydrogen) atoms. The molecule has 7 heteroatoms. The Bertz CT molecular complexity index is 1730. The van der Waals surface area contributed by atoms with Gasteiger partial charge in [0.05, 0.1) is 24.1 Å². The van der Waals surface area contributed by atoms with Gasteiger partial charge in [0.2, 0.25) is 5.76 Å². The number of aromatic nitrogens is 1. The molecule has 0 saturated carbocycles. The van der Waals surface area contributed by atoms with E-state index in [1.54, 1.807) is 49.6 Å². The van der Waals surface area contributed by atoms with Gasteiger partial charge < -0.3 is 13.9 Å². The van der Waals surface area contributed by atoms with E-state index < -0.39 is 11.9 Å². The third kappa shape index (κ3) is 3.98. The van der Waals surface area contributed by atoms with Crippen molar-refractivity contribution in [1.82, 2.24) is 4.98 Å². The van der Waals surface area contributed by atoms with E-state index in [2.05, 4.69) is 4.98 Å². The Morgan fingerprint density at radius 3 is 2.47 bits per heavy atom. The van der Waals surface area contributed by atoms with Gasteiger partial charge in [-0.1, -0.05) is 54.6 Å². The lowest BCUT2D eigenvalue weighted by molar-refractivity contribution is 0.0970. The number of amides is 1. The van der Waals surface area contributed by atoms with E-state index in [4.69, 9.17) is 13.9 Å². The highest BCUT2D eigenvalue weighted by Gasteiger charge is 2.44. The minimum atomic E-state index is -0.760. The van der Waals surface area contributed by atoms with Gasteiger partial charge in [0.15, 0.2) is 16.9 Å². The van der Waals surface area contributed by atoms with Crippen LogP contribution in [0.1, 0.15) is 39.0 Å². The molecule has 1 aliphatic heterocycles. The Hall–Kier alpha value is -4.91. The number of ether oxygens (including phenoxy) is 2. The molecule has 0 aliphatic carbocycles. The van der Waals surface area contributed by atoms with Gasteiger partial charge in [0.25, 0.3) is 5.91 Å². The Morgan fingerprint density at radius 1 is 0.895 bits per heavy atom. The number of anilines is 1. The van der Waals surface area contributed by atoms with Gasteiger partial charge in [0, 0.05) is 5.69 Å². The van der Waals surface area contributed by atoms with Crippen molar-refractivity contribution in [1.29, 1.82) is 0 Å². The summed E-state index contributed by atoms with van der Waals surface area (Å²) in [6.07, 6.45) is 0. The summed E-state index contributed by atoms with van der Waals surface area (Å²) >= 11 is 0. The number of hydrogen-bond acceptors (Lipinski definition) is 6. The lowest BCUT2D eigenvalue weighted by Crippen LogP contribution is -2.30. The van der Waals surface area contributed by atoms with Gasteiger partial charge in [-0.3, -0.25) is 14.5 Å². The van der Waals surface area contributed by atoms with Crippen LogP contribution in [0, 0.1) is 6.92 Å². The van der Waals surface area contributed by atoms with E-state index in [1.807, 2.05) is 55.5 Å². The molecule has 1 aliphatic rings. The molecule has 0 spiro atoms. The lowest BCUT2D eigenvalue weighted by atomic mass is 9.98. The maximum atomic E-state index is 13.8. The molecule has 3 heterocycles. The molecule has 1 amide bonds. The van der Waals surface area contributed by atoms with Crippen molar-refractivity contribution in [2.24, 2.45) is 0 Å². The molecule has 188 valence electrons. The number of methoxy groups -OCH3 is 1. The molecular formula is C31H24N2O5. The van der Waals surface area contributed by atoms with Crippen LogP contribution in [0.2, 0.25) is 0 Å². The number of nitrogens with zero attached hydrogens (tertiary/aromatic N) is 2. The Morgan fingerprint density at radius 2 is 1.68 bits per heavy atom. The highest BCUT2D eigenvalue weighted by atomic mass is 16.5. The molecule has 0 N–H and O–H groups in total. The molecule has 3 aromatic carbocycles. The first-order valence-corrected chi connectivity index (χ1v) is 12.2. The lowest BCUT2D eigenvalue weighted by Gasteiger charge is -2.25. The molecular weight excluding hydrogens is 480 g/mol. The number of carbonyl (C=O) groups is 1. The smallest absolute Gasteiger partial charge is 0.296 e. The van der Waals surface area contributed by atoms with Crippen LogP contribution in [-0.2, 0) is 6.61 Å². The largest absolute Gasteiger partial charge is 0.493 e. The predicted molar refractivity (Wildman–Crippen MR) is 144 cm³/mol.